The smallest absolute Gasteiger partial charge is 0.258 e. The molecular weight excluding hydrogens is 257 g/mol. The van der Waals surface area contributed by atoms with Crippen molar-refractivity contribution in [1.29, 1.82) is 0 Å². The van der Waals surface area contributed by atoms with Gasteiger partial charge in [-0.1, -0.05) is 52.6 Å². The van der Waals surface area contributed by atoms with E-state index in [0.717, 1.165) is 12.1 Å². The average molecular weight is 278 g/mol. The van der Waals surface area contributed by atoms with Crippen molar-refractivity contribution in [2.24, 2.45) is 0 Å². The van der Waals surface area contributed by atoms with E-state index in [1.54, 1.807) is 6.92 Å². The fourth-order valence-corrected chi connectivity index (χ4v) is 1.28. The zero-order chi connectivity index (χ0) is 14.7. The molecule has 0 aliphatic carbocycles. The van der Waals surface area contributed by atoms with E-state index in [2.05, 4.69) is 13.8 Å². The first kappa shape index (κ1) is 19.2. The van der Waals surface area contributed by atoms with Crippen LogP contribution in [0.5, 0.6) is 0 Å². The van der Waals surface area contributed by atoms with Crippen molar-refractivity contribution in [3.8, 4) is 0 Å². The zero-order valence-corrected chi connectivity index (χ0v) is 12.3. The summed E-state index contributed by atoms with van der Waals surface area (Å²) in [6.45, 7) is 10.0. The summed E-state index contributed by atoms with van der Waals surface area (Å²) in [4.78, 5) is 9.49. The number of nitro groups is 1. The van der Waals surface area contributed by atoms with Gasteiger partial charge in [-0.3, -0.25) is 10.1 Å². The lowest BCUT2D eigenvalue weighted by molar-refractivity contribution is -0.387. The van der Waals surface area contributed by atoms with Gasteiger partial charge in [-0.15, -0.1) is 0 Å². The summed E-state index contributed by atoms with van der Waals surface area (Å²) in [5.74, 6) is -0.841. The molecule has 0 aliphatic rings. The predicted octanol–water partition coefficient (Wildman–Crippen LogP) is 5.39. The quantitative estimate of drug-likeness (QED) is 0.537. The Kier molecular flexibility index (Phi) is 11.7. The van der Waals surface area contributed by atoms with E-state index in [1.165, 1.54) is 6.42 Å². The normalized spacial score (nSPS) is 8.61. The van der Waals surface area contributed by atoms with Crippen molar-refractivity contribution in [2.75, 3.05) is 0 Å². The number of aryl methyl sites for hydroxylation is 1. The lowest BCUT2D eigenvalue weighted by Gasteiger charge is -2.00. The third-order valence-electron chi connectivity index (χ3n) is 1.69. The van der Waals surface area contributed by atoms with E-state index in [1.807, 2.05) is 13.8 Å². The topological polar surface area (TPSA) is 43.1 Å². The Balaban J connectivity index is 0. The molecule has 104 valence electrons. The molecule has 0 spiro atoms. The molecule has 5 heteroatoms. The molecule has 1 aromatic carbocycles. The molecule has 0 aliphatic heterocycles. The fourth-order valence-electron chi connectivity index (χ4n) is 0.988. The van der Waals surface area contributed by atoms with Crippen molar-refractivity contribution in [3.05, 3.63) is 38.7 Å². The molecule has 18 heavy (non-hydrogen) atoms. The van der Waals surface area contributed by atoms with E-state index < -0.39 is 16.4 Å². The Morgan fingerprint density at radius 1 is 1.28 bits per heavy atom. The highest BCUT2D eigenvalue weighted by atomic mass is 35.5. The Bertz CT molecular complexity index is 370. The molecule has 0 amide bonds. The van der Waals surface area contributed by atoms with Crippen LogP contribution >= 0.6 is 11.6 Å². The Morgan fingerprint density at radius 3 is 2.06 bits per heavy atom. The number of halogens is 2. The van der Waals surface area contributed by atoms with Crippen LogP contribution in [0.25, 0.3) is 0 Å². The first-order valence-corrected chi connectivity index (χ1v) is 6.47. The molecule has 0 atom stereocenters. The Morgan fingerprint density at radius 2 is 1.72 bits per heavy atom. The lowest BCUT2D eigenvalue weighted by Crippen LogP contribution is -1.94. The summed E-state index contributed by atoms with van der Waals surface area (Å²) in [5.41, 5.74) is -0.00744. The van der Waals surface area contributed by atoms with Gasteiger partial charge >= 0.3 is 5.69 Å². The van der Waals surface area contributed by atoms with Gasteiger partial charge in [0.25, 0.3) is 0 Å². The first-order chi connectivity index (χ1) is 8.47. The fraction of sp³-hybridized carbons (Fsp3) is 0.538. The van der Waals surface area contributed by atoms with Gasteiger partial charge in [0.1, 0.15) is 0 Å². The summed E-state index contributed by atoms with van der Waals surface area (Å²) in [6.07, 6.45) is 1.80. The van der Waals surface area contributed by atoms with E-state index in [-0.39, 0.29) is 5.02 Å². The monoisotopic (exact) mass is 277 g/mol. The largest absolute Gasteiger partial charge is 0.306 e. The molecule has 0 unspecified atom stereocenters. The second-order valence-corrected chi connectivity index (χ2v) is 3.62. The van der Waals surface area contributed by atoms with Crippen molar-refractivity contribution < 1.29 is 9.31 Å². The van der Waals surface area contributed by atoms with Crippen molar-refractivity contribution in [3.63, 3.8) is 0 Å². The molecule has 0 aromatic heterocycles. The van der Waals surface area contributed by atoms with Crippen LogP contribution in [0, 0.1) is 15.9 Å². The van der Waals surface area contributed by atoms with Gasteiger partial charge in [0, 0.05) is 6.07 Å². The molecule has 3 nitrogen and oxygen atoms in total. The molecule has 1 aromatic rings. The minimum atomic E-state index is -0.841. The van der Waals surface area contributed by atoms with Gasteiger partial charge in [0.15, 0.2) is 0 Å². The van der Waals surface area contributed by atoms with Crippen molar-refractivity contribution in [1.82, 2.24) is 0 Å². The molecule has 0 saturated heterocycles. The summed E-state index contributed by atoms with van der Waals surface area (Å²) < 4.78 is 13.0. The third kappa shape index (κ3) is 6.55. The second kappa shape index (κ2) is 11.0. The van der Waals surface area contributed by atoms with Crippen LogP contribution in [0.2, 0.25) is 5.02 Å². The van der Waals surface area contributed by atoms with E-state index in [9.17, 15) is 14.5 Å². The summed E-state index contributed by atoms with van der Waals surface area (Å²) in [5, 5.41) is 10.5. The lowest BCUT2D eigenvalue weighted by atomic mass is 10.1. The van der Waals surface area contributed by atoms with Gasteiger partial charge in [0.05, 0.1) is 9.95 Å². The van der Waals surface area contributed by atoms with Crippen LogP contribution < -0.4 is 0 Å². The highest BCUT2D eigenvalue weighted by molar-refractivity contribution is 6.31. The van der Waals surface area contributed by atoms with Gasteiger partial charge in [0.2, 0.25) is 5.82 Å². The number of benzene rings is 1. The number of nitrogens with zero attached hydrogens (tertiary/aromatic N) is 1. The van der Waals surface area contributed by atoms with Gasteiger partial charge in [-0.2, -0.15) is 4.39 Å². The molecule has 1 rings (SSSR count). The Hall–Kier alpha value is -1.16. The van der Waals surface area contributed by atoms with Crippen LogP contribution in [-0.4, -0.2) is 4.92 Å². The molecular formula is C13H21ClFNO2. The molecule has 0 saturated carbocycles. The highest BCUT2D eigenvalue weighted by Gasteiger charge is 2.16. The highest BCUT2D eigenvalue weighted by Crippen LogP contribution is 2.26. The number of rotatable bonds is 2. The summed E-state index contributed by atoms with van der Waals surface area (Å²) >= 11 is 5.67. The van der Waals surface area contributed by atoms with Crippen LogP contribution in [0.15, 0.2) is 12.1 Å². The molecule has 0 radical (unpaired) electrons. The maximum absolute atomic E-state index is 13.0. The van der Waals surface area contributed by atoms with Crippen molar-refractivity contribution >= 4 is 17.3 Å². The minimum absolute atomic E-state index is 0.232. The second-order valence-electron chi connectivity index (χ2n) is 3.21. The van der Waals surface area contributed by atoms with Crippen molar-refractivity contribution in [2.45, 2.75) is 47.5 Å². The van der Waals surface area contributed by atoms with Crippen LogP contribution in [0.3, 0.4) is 0 Å². The molecule has 0 heterocycles. The molecule has 0 N–H and O–H groups in total. The summed E-state index contributed by atoms with van der Waals surface area (Å²) in [7, 11) is 0. The number of hydrogen-bond donors (Lipinski definition) is 0. The van der Waals surface area contributed by atoms with Crippen LogP contribution in [0.1, 0.15) is 46.6 Å². The minimum Gasteiger partial charge on any atom is -0.258 e. The zero-order valence-electron chi connectivity index (χ0n) is 11.6. The number of nitro benzene ring substituents is 1. The number of hydrogen-bond acceptors (Lipinski definition) is 2. The maximum atomic E-state index is 13.0. The molecule has 0 fully saturated rings. The van der Waals surface area contributed by atoms with E-state index >= 15 is 0 Å². The third-order valence-corrected chi connectivity index (χ3v) is 2.05. The van der Waals surface area contributed by atoms with Gasteiger partial charge < -0.3 is 0 Å². The first-order valence-electron chi connectivity index (χ1n) is 6.10. The van der Waals surface area contributed by atoms with E-state index in [0.29, 0.717) is 12.0 Å². The van der Waals surface area contributed by atoms with E-state index in [4.69, 9.17) is 11.6 Å². The van der Waals surface area contributed by atoms with Crippen LogP contribution in [-0.2, 0) is 6.42 Å². The van der Waals surface area contributed by atoms with Gasteiger partial charge in [-0.25, -0.2) is 0 Å². The Labute approximate surface area is 113 Å². The standard InChI is InChI=1S/C8H7ClFNO2.C3H8.C2H6/c1-2-5-3-7(10)8(11(12)13)4-6(5)9;1-3-2;1-2/h3-4H,2H2,1H3;3H2,1-2H3;1-2H3. The maximum Gasteiger partial charge on any atom is 0.306 e. The average Bonchev–Trinajstić information content (AvgIpc) is 2.34. The van der Waals surface area contributed by atoms with Crippen LogP contribution in [0.4, 0.5) is 10.1 Å². The predicted molar refractivity (Wildman–Crippen MR) is 74.8 cm³/mol. The van der Waals surface area contributed by atoms with Gasteiger partial charge in [-0.05, 0) is 18.1 Å². The SMILES string of the molecule is CC.CCC.CCc1cc(F)c([N+](=O)[O-])cc1Cl. The molecule has 0 bridgehead atoms. The summed E-state index contributed by atoms with van der Waals surface area (Å²) in [6, 6.07) is 2.14.